The molecule has 7 heteroatoms. The van der Waals surface area contributed by atoms with Crippen molar-refractivity contribution >= 4 is 27.1 Å². The van der Waals surface area contributed by atoms with Crippen LogP contribution in [0.3, 0.4) is 0 Å². The van der Waals surface area contributed by atoms with E-state index in [-0.39, 0.29) is 17.2 Å². The molecular weight excluding hydrogens is 358 g/mol. The van der Waals surface area contributed by atoms with Gasteiger partial charge in [-0.05, 0) is 55.7 Å². The van der Waals surface area contributed by atoms with Crippen molar-refractivity contribution < 1.29 is 17.9 Å². The summed E-state index contributed by atoms with van der Waals surface area (Å²) >= 11 is 1.40. The van der Waals surface area contributed by atoms with Crippen molar-refractivity contribution in [3.8, 4) is 5.75 Å². The summed E-state index contributed by atoms with van der Waals surface area (Å²) in [6, 6.07) is 10.0. The number of benzene rings is 1. The van der Waals surface area contributed by atoms with Crippen molar-refractivity contribution in [1.82, 2.24) is 4.72 Å². The Morgan fingerprint density at radius 2 is 1.84 bits per heavy atom. The number of carbonyl (C=O) groups excluding carboxylic acids is 1. The smallest absolute Gasteiger partial charge is 0.240 e. The first-order chi connectivity index (χ1) is 11.8. The molecule has 0 saturated heterocycles. The van der Waals surface area contributed by atoms with E-state index in [0.717, 1.165) is 4.88 Å². The van der Waals surface area contributed by atoms with Crippen LogP contribution >= 0.6 is 11.3 Å². The lowest BCUT2D eigenvalue weighted by Crippen LogP contribution is -2.25. The molecule has 1 heterocycles. The first-order valence-electron chi connectivity index (χ1n) is 8.10. The van der Waals surface area contributed by atoms with Crippen LogP contribution in [0.15, 0.2) is 41.3 Å². The molecule has 0 aliphatic rings. The molecule has 136 valence electrons. The lowest BCUT2D eigenvalue weighted by atomic mass is 10.2. The molecule has 0 amide bonds. The second-order valence-corrected chi connectivity index (χ2v) is 9.08. The van der Waals surface area contributed by atoms with Crippen molar-refractivity contribution in [2.45, 2.75) is 32.1 Å². The first-order valence-corrected chi connectivity index (χ1v) is 10.4. The summed E-state index contributed by atoms with van der Waals surface area (Å²) in [4.78, 5) is 13.2. The number of carbonyl (C=O) groups is 1. The molecule has 0 radical (unpaired) electrons. The number of ketones is 1. The Morgan fingerprint density at radius 3 is 2.40 bits per heavy atom. The number of sulfonamides is 1. The molecule has 0 spiro atoms. The molecule has 1 aromatic carbocycles. The standard InChI is InChI=1S/C18H23NO4S2/c1-13(2)12-23-15-4-7-17(8-5-15)25(21,22)19-11-10-16-6-9-18(24-16)14(3)20/h4-9,13,19H,10-12H2,1-3H3. The van der Waals surface area contributed by atoms with Gasteiger partial charge in [0.05, 0.1) is 16.4 Å². The van der Waals surface area contributed by atoms with Gasteiger partial charge < -0.3 is 4.74 Å². The zero-order valence-corrected chi connectivity index (χ0v) is 16.2. The van der Waals surface area contributed by atoms with Crippen LogP contribution < -0.4 is 9.46 Å². The van der Waals surface area contributed by atoms with Crippen LogP contribution in [0.1, 0.15) is 35.3 Å². The van der Waals surface area contributed by atoms with Gasteiger partial charge in [0.2, 0.25) is 10.0 Å². The van der Waals surface area contributed by atoms with E-state index in [4.69, 9.17) is 4.74 Å². The van der Waals surface area contributed by atoms with E-state index in [1.54, 1.807) is 18.2 Å². The molecule has 0 aliphatic carbocycles. The van der Waals surface area contributed by atoms with Gasteiger partial charge in [0, 0.05) is 11.4 Å². The summed E-state index contributed by atoms with van der Waals surface area (Å²) in [6.07, 6.45) is 0.548. The largest absolute Gasteiger partial charge is 0.493 e. The normalized spacial score (nSPS) is 11.7. The van der Waals surface area contributed by atoms with E-state index >= 15 is 0 Å². The van der Waals surface area contributed by atoms with Crippen LogP contribution in [0.4, 0.5) is 0 Å². The maximum Gasteiger partial charge on any atom is 0.240 e. The molecule has 2 aromatic rings. The SMILES string of the molecule is CC(=O)c1ccc(CCNS(=O)(=O)c2ccc(OCC(C)C)cc2)s1. The third-order valence-electron chi connectivity index (χ3n) is 3.39. The molecule has 25 heavy (non-hydrogen) atoms. The maximum atomic E-state index is 12.3. The van der Waals surface area contributed by atoms with E-state index < -0.39 is 10.0 Å². The third-order valence-corrected chi connectivity index (χ3v) is 6.11. The van der Waals surface area contributed by atoms with Gasteiger partial charge in [-0.15, -0.1) is 11.3 Å². The highest BCUT2D eigenvalue weighted by atomic mass is 32.2. The van der Waals surface area contributed by atoms with Crippen LogP contribution in [0.2, 0.25) is 0 Å². The summed E-state index contributed by atoms with van der Waals surface area (Å²) in [7, 11) is -3.56. The highest BCUT2D eigenvalue weighted by molar-refractivity contribution is 7.89. The van der Waals surface area contributed by atoms with E-state index in [9.17, 15) is 13.2 Å². The van der Waals surface area contributed by atoms with E-state index in [2.05, 4.69) is 18.6 Å². The molecule has 0 unspecified atom stereocenters. The number of Topliss-reactive ketones (excluding diaryl/α,β-unsaturated/α-hetero) is 1. The van der Waals surface area contributed by atoms with E-state index in [1.807, 2.05) is 6.07 Å². The number of nitrogens with one attached hydrogen (secondary N) is 1. The minimum atomic E-state index is -3.56. The van der Waals surface area contributed by atoms with Crippen LogP contribution in [0.5, 0.6) is 5.75 Å². The van der Waals surface area contributed by atoms with Gasteiger partial charge in [-0.25, -0.2) is 13.1 Å². The predicted octanol–water partition coefficient (Wildman–Crippen LogP) is 3.51. The molecule has 1 aromatic heterocycles. The highest BCUT2D eigenvalue weighted by Gasteiger charge is 2.14. The quantitative estimate of drug-likeness (QED) is 0.675. The van der Waals surface area contributed by atoms with Gasteiger partial charge in [-0.1, -0.05) is 13.8 Å². The molecule has 0 fully saturated rings. The van der Waals surface area contributed by atoms with Gasteiger partial charge in [-0.3, -0.25) is 4.79 Å². The number of ether oxygens (including phenoxy) is 1. The number of thiophene rings is 1. The second kappa shape index (κ2) is 8.60. The third kappa shape index (κ3) is 5.95. The van der Waals surface area contributed by atoms with Crippen molar-refractivity contribution in [1.29, 1.82) is 0 Å². The Morgan fingerprint density at radius 1 is 1.16 bits per heavy atom. The first kappa shape index (κ1) is 19.6. The molecule has 1 N–H and O–H groups in total. The topological polar surface area (TPSA) is 72.5 Å². The molecule has 0 saturated carbocycles. The molecule has 0 bridgehead atoms. The van der Waals surface area contributed by atoms with Crippen LogP contribution in [-0.4, -0.2) is 27.4 Å². The fraction of sp³-hybridized carbons (Fsp3) is 0.389. The number of hydrogen-bond acceptors (Lipinski definition) is 5. The van der Waals surface area contributed by atoms with Crippen LogP contribution in [0.25, 0.3) is 0 Å². The minimum absolute atomic E-state index is 0.0246. The van der Waals surface area contributed by atoms with Gasteiger partial charge in [0.1, 0.15) is 5.75 Å². The zero-order chi connectivity index (χ0) is 18.4. The molecular formula is C18H23NO4S2. The Labute approximate surface area is 153 Å². The van der Waals surface area contributed by atoms with Gasteiger partial charge in [0.15, 0.2) is 5.78 Å². The molecule has 2 rings (SSSR count). The van der Waals surface area contributed by atoms with E-state index in [1.165, 1.54) is 30.4 Å². The predicted molar refractivity (Wildman–Crippen MR) is 100.0 cm³/mol. The minimum Gasteiger partial charge on any atom is -0.493 e. The average Bonchev–Trinajstić information content (AvgIpc) is 3.02. The summed E-state index contributed by atoms with van der Waals surface area (Å²) < 4.78 is 32.8. The molecule has 0 aliphatic heterocycles. The van der Waals surface area contributed by atoms with Gasteiger partial charge in [-0.2, -0.15) is 0 Å². The highest BCUT2D eigenvalue weighted by Crippen LogP contribution is 2.18. The molecule has 5 nitrogen and oxygen atoms in total. The van der Waals surface area contributed by atoms with Crippen molar-refractivity contribution in [3.05, 3.63) is 46.2 Å². The Bertz CT molecular complexity index is 808. The zero-order valence-electron chi connectivity index (χ0n) is 14.6. The van der Waals surface area contributed by atoms with Gasteiger partial charge >= 0.3 is 0 Å². The average molecular weight is 382 g/mol. The Balaban J connectivity index is 1.90. The van der Waals surface area contributed by atoms with Crippen molar-refractivity contribution in [3.63, 3.8) is 0 Å². The fourth-order valence-electron chi connectivity index (χ4n) is 2.07. The monoisotopic (exact) mass is 381 g/mol. The number of hydrogen-bond donors (Lipinski definition) is 1. The van der Waals surface area contributed by atoms with Gasteiger partial charge in [0.25, 0.3) is 0 Å². The summed E-state index contributed by atoms with van der Waals surface area (Å²) in [6.45, 7) is 6.50. The van der Waals surface area contributed by atoms with Crippen molar-refractivity contribution in [2.75, 3.05) is 13.2 Å². The summed E-state index contributed by atoms with van der Waals surface area (Å²) in [5, 5.41) is 0. The molecule has 0 atom stereocenters. The van der Waals surface area contributed by atoms with Crippen LogP contribution in [0, 0.1) is 5.92 Å². The lowest BCUT2D eigenvalue weighted by molar-refractivity contribution is 0.102. The summed E-state index contributed by atoms with van der Waals surface area (Å²) in [5.41, 5.74) is 0. The number of rotatable bonds is 9. The summed E-state index contributed by atoms with van der Waals surface area (Å²) in [5.74, 6) is 1.09. The van der Waals surface area contributed by atoms with E-state index in [0.29, 0.717) is 29.6 Å². The van der Waals surface area contributed by atoms with Crippen LogP contribution in [-0.2, 0) is 16.4 Å². The Hall–Kier alpha value is -1.70. The van der Waals surface area contributed by atoms with Crippen molar-refractivity contribution in [2.24, 2.45) is 5.92 Å². The lowest BCUT2D eigenvalue weighted by Gasteiger charge is -2.10. The fourth-order valence-corrected chi connectivity index (χ4v) is 4.01. The second-order valence-electron chi connectivity index (χ2n) is 6.15. The maximum absolute atomic E-state index is 12.3. The Kier molecular flexibility index (Phi) is 6.75.